The Morgan fingerprint density at radius 2 is 2.40 bits per heavy atom. The summed E-state index contributed by atoms with van der Waals surface area (Å²) >= 11 is 0. The monoisotopic (exact) mass is 132 g/mol. The van der Waals surface area contributed by atoms with Gasteiger partial charge in [0.2, 0.25) is 0 Å². The summed E-state index contributed by atoms with van der Waals surface area (Å²) in [5.41, 5.74) is 0.975. The van der Waals surface area contributed by atoms with Crippen LogP contribution in [-0.2, 0) is 0 Å². The first-order valence-electron chi connectivity index (χ1n) is 2.97. The van der Waals surface area contributed by atoms with Crippen LogP contribution >= 0.6 is 0 Å². The topological polar surface area (TPSA) is 22.2 Å². The summed E-state index contributed by atoms with van der Waals surface area (Å²) in [6.45, 7) is 5.32. The van der Waals surface area contributed by atoms with Crippen LogP contribution in [0.1, 0.15) is 0 Å². The van der Waals surface area contributed by atoms with Gasteiger partial charge in [0.1, 0.15) is 5.65 Å². The fourth-order valence-electron chi connectivity index (χ4n) is 0.964. The smallest absolute Gasteiger partial charge is 0.139 e. The summed E-state index contributed by atoms with van der Waals surface area (Å²) in [7, 11) is 0. The Hall–Kier alpha value is -1.51. The third-order valence-electron chi connectivity index (χ3n) is 1.44. The van der Waals surface area contributed by atoms with Gasteiger partial charge in [-0.25, -0.2) is 4.52 Å². The lowest BCUT2D eigenvalue weighted by Crippen LogP contribution is -1.82. The van der Waals surface area contributed by atoms with Gasteiger partial charge in [-0.2, -0.15) is 5.10 Å². The van der Waals surface area contributed by atoms with Gasteiger partial charge in [0, 0.05) is 24.7 Å². The van der Waals surface area contributed by atoms with Crippen LogP contribution in [0.5, 0.6) is 0 Å². The van der Waals surface area contributed by atoms with Crippen molar-refractivity contribution in [2.24, 2.45) is 0 Å². The maximum absolute atomic E-state index is 5.32. The number of aromatic nitrogens is 3. The SMILES string of the molecule is [CH]=Cn1ccn2nccc12. The highest BCUT2D eigenvalue weighted by molar-refractivity contribution is 5.44. The van der Waals surface area contributed by atoms with E-state index in [0.29, 0.717) is 0 Å². The van der Waals surface area contributed by atoms with E-state index >= 15 is 0 Å². The summed E-state index contributed by atoms with van der Waals surface area (Å²) in [6, 6.07) is 1.89. The Balaban J connectivity index is 2.88. The van der Waals surface area contributed by atoms with Crippen LogP contribution in [0.3, 0.4) is 0 Å². The van der Waals surface area contributed by atoms with Gasteiger partial charge in [-0.05, 0) is 6.58 Å². The first kappa shape index (κ1) is 5.29. The second kappa shape index (κ2) is 1.73. The minimum Gasteiger partial charge on any atom is -0.307 e. The van der Waals surface area contributed by atoms with E-state index in [1.54, 1.807) is 15.3 Å². The molecule has 0 spiro atoms. The molecule has 0 N–H and O–H groups in total. The normalized spacial score (nSPS) is 10.4. The average molecular weight is 132 g/mol. The first-order valence-corrected chi connectivity index (χ1v) is 2.97. The van der Waals surface area contributed by atoms with Crippen molar-refractivity contribution in [3.8, 4) is 0 Å². The molecule has 0 amide bonds. The van der Waals surface area contributed by atoms with Crippen molar-refractivity contribution in [1.82, 2.24) is 14.2 Å². The van der Waals surface area contributed by atoms with Gasteiger partial charge in [0.15, 0.2) is 0 Å². The first-order chi connectivity index (χ1) is 4.92. The van der Waals surface area contributed by atoms with E-state index in [4.69, 9.17) is 6.58 Å². The fourth-order valence-corrected chi connectivity index (χ4v) is 0.964. The van der Waals surface area contributed by atoms with E-state index < -0.39 is 0 Å². The zero-order valence-electron chi connectivity index (χ0n) is 5.31. The molecular weight excluding hydrogens is 126 g/mol. The van der Waals surface area contributed by atoms with Crippen LogP contribution in [0.25, 0.3) is 11.8 Å². The summed E-state index contributed by atoms with van der Waals surface area (Å²) in [4.78, 5) is 0. The van der Waals surface area contributed by atoms with Crippen molar-refractivity contribution < 1.29 is 0 Å². The Bertz CT molecular complexity index is 355. The number of fused-ring (bicyclic) bond motifs is 1. The Morgan fingerprint density at radius 3 is 3.20 bits per heavy atom. The van der Waals surface area contributed by atoms with Crippen molar-refractivity contribution in [2.45, 2.75) is 0 Å². The summed E-state index contributed by atoms with van der Waals surface area (Å²) in [5, 5.41) is 4.01. The Labute approximate surface area is 58.2 Å². The van der Waals surface area contributed by atoms with Crippen LogP contribution < -0.4 is 0 Å². The summed E-state index contributed by atoms with van der Waals surface area (Å²) in [6.07, 6.45) is 6.92. The Morgan fingerprint density at radius 1 is 1.50 bits per heavy atom. The highest BCUT2D eigenvalue weighted by atomic mass is 15.3. The molecule has 0 aromatic carbocycles. The maximum atomic E-state index is 5.32. The molecule has 0 aliphatic carbocycles. The van der Waals surface area contributed by atoms with Gasteiger partial charge in [-0.15, -0.1) is 0 Å². The van der Waals surface area contributed by atoms with Crippen molar-refractivity contribution in [3.05, 3.63) is 31.2 Å². The van der Waals surface area contributed by atoms with Gasteiger partial charge in [-0.1, -0.05) is 0 Å². The number of hydrogen-bond donors (Lipinski definition) is 0. The van der Waals surface area contributed by atoms with Crippen molar-refractivity contribution in [1.29, 1.82) is 0 Å². The predicted octanol–water partition coefficient (Wildman–Crippen LogP) is 1.04. The highest BCUT2D eigenvalue weighted by Crippen LogP contribution is 2.02. The van der Waals surface area contributed by atoms with Crippen molar-refractivity contribution in [3.63, 3.8) is 0 Å². The number of nitrogens with zero attached hydrogens (tertiary/aromatic N) is 3. The molecule has 0 saturated carbocycles. The van der Waals surface area contributed by atoms with E-state index in [-0.39, 0.29) is 0 Å². The van der Waals surface area contributed by atoms with Crippen LogP contribution in [0.15, 0.2) is 24.7 Å². The highest BCUT2D eigenvalue weighted by Gasteiger charge is 1.94. The second-order valence-electron chi connectivity index (χ2n) is 1.99. The van der Waals surface area contributed by atoms with Crippen LogP contribution in [0, 0.1) is 6.58 Å². The zero-order valence-corrected chi connectivity index (χ0v) is 5.31. The minimum absolute atomic E-state index is 0.975. The van der Waals surface area contributed by atoms with Crippen LogP contribution in [0.4, 0.5) is 0 Å². The third kappa shape index (κ3) is 0.515. The van der Waals surface area contributed by atoms with E-state index in [1.165, 1.54) is 6.20 Å². The Kier molecular flexibility index (Phi) is 0.917. The molecule has 0 fully saturated rings. The molecule has 0 aliphatic heterocycles. The zero-order chi connectivity index (χ0) is 6.97. The molecule has 0 unspecified atom stereocenters. The number of hydrogen-bond acceptors (Lipinski definition) is 1. The molecule has 0 aliphatic rings. The lowest BCUT2D eigenvalue weighted by molar-refractivity contribution is 0.969. The molecule has 1 radical (unpaired) electrons. The summed E-state index contributed by atoms with van der Waals surface area (Å²) in [5.74, 6) is 0. The minimum atomic E-state index is 0.975. The molecule has 10 heavy (non-hydrogen) atoms. The van der Waals surface area contributed by atoms with Gasteiger partial charge in [-0.3, -0.25) is 0 Å². The van der Waals surface area contributed by atoms with E-state index in [0.717, 1.165) is 5.65 Å². The molecule has 2 aromatic rings. The maximum Gasteiger partial charge on any atom is 0.139 e. The van der Waals surface area contributed by atoms with E-state index in [1.807, 2.05) is 18.5 Å². The average Bonchev–Trinajstić information content (AvgIpc) is 2.44. The molecular formula is C7H6N3. The summed E-state index contributed by atoms with van der Waals surface area (Å²) < 4.78 is 3.55. The fraction of sp³-hybridized carbons (Fsp3) is 0. The quantitative estimate of drug-likeness (QED) is 0.568. The molecule has 0 atom stereocenters. The molecule has 2 heterocycles. The van der Waals surface area contributed by atoms with Gasteiger partial charge in [0.05, 0.1) is 6.20 Å². The van der Waals surface area contributed by atoms with Gasteiger partial charge < -0.3 is 4.57 Å². The predicted molar refractivity (Wildman–Crippen MR) is 38.2 cm³/mol. The van der Waals surface area contributed by atoms with Crippen LogP contribution in [0.2, 0.25) is 0 Å². The second-order valence-corrected chi connectivity index (χ2v) is 1.99. The molecule has 2 aromatic heterocycles. The number of rotatable bonds is 1. The van der Waals surface area contributed by atoms with E-state index in [2.05, 4.69) is 5.10 Å². The molecule has 49 valence electrons. The lowest BCUT2D eigenvalue weighted by atomic mass is 10.7. The number of imidazole rings is 1. The molecule has 2 rings (SSSR count). The standard InChI is InChI=1S/C7H6N3/c1-2-9-5-6-10-7(9)3-4-8-10/h1-6H. The van der Waals surface area contributed by atoms with Gasteiger partial charge in [0.25, 0.3) is 0 Å². The lowest BCUT2D eigenvalue weighted by Gasteiger charge is -1.87. The van der Waals surface area contributed by atoms with Crippen molar-refractivity contribution >= 4 is 11.8 Å². The largest absolute Gasteiger partial charge is 0.307 e. The molecule has 0 saturated heterocycles. The van der Waals surface area contributed by atoms with E-state index in [9.17, 15) is 0 Å². The van der Waals surface area contributed by atoms with Crippen LogP contribution in [-0.4, -0.2) is 14.2 Å². The van der Waals surface area contributed by atoms with Gasteiger partial charge >= 0.3 is 0 Å². The molecule has 0 bridgehead atoms. The van der Waals surface area contributed by atoms with Crippen molar-refractivity contribution in [2.75, 3.05) is 0 Å². The molecule has 3 nitrogen and oxygen atoms in total. The third-order valence-corrected chi connectivity index (χ3v) is 1.44. The molecule has 3 heteroatoms.